The first-order valence-corrected chi connectivity index (χ1v) is 6.97. The summed E-state index contributed by atoms with van der Waals surface area (Å²) in [5, 5.41) is 15.4. The van der Waals surface area contributed by atoms with Crippen molar-refractivity contribution >= 4 is 11.6 Å². The van der Waals surface area contributed by atoms with Gasteiger partial charge in [-0.05, 0) is 31.4 Å². The lowest BCUT2D eigenvalue weighted by molar-refractivity contribution is -0.119. The summed E-state index contributed by atoms with van der Waals surface area (Å²) in [4.78, 5) is 12.2. The Hall–Kier alpha value is -1.39. The molecule has 0 saturated carbocycles. The Morgan fingerprint density at radius 2 is 2.26 bits per heavy atom. The molecule has 1 aromatic rings. The number of piperidine rings is 1. The van der Waals surface area contributed by atoms with Crippen LogP contribution in [0.25, 0.3) is 0 Å². The van der Waals surface area contributed by atoms with Crippen molar-refractivity contribution in [3.8, 4) is 0 Å². The van der Waals surface area contributed by atoms with E-state index in [1.807, 2.05) is 24.3 Å². The molecule has 4 nitrogen and oxygen atoms in total. The molecule has 0 aliphatic carbocycles. The van der Waals surface area contributed by atoms with Gasteiger partial charge in [0.1, 0.15) is 0 Å². The molecule has 3 N–H and O–H groups in total. The smallest absolute Gasteiger partial charge is 0.241 e. The van der Waals surface area contributed by atoms with E-state index in [-0.39, 0.29) is 18.6 Å². The number of aliphatic hydroxyl groups excluding tert-OH is 1. The van der Waals surface area contributed by atoms with Crippen LogP contribution < -0.4 is 10.6 Å². The van der Waals surface area contributed by atoms with Gasteiger partial charge in [-0.2, -0.15) is 0 Å². The number of carbonyl (C=O) groups excluding carboxylic acids is 1. The molecule has 1 fully saturated rings. The molecular formula is C15H22N2O2. The van der Waals surface area contributed by atoms with Crippen molar-refractivity contribution in [3.63, 3.8) is 0 Å². The summed E-state index contributed by atoms with van der Waals surface area (Å²) in [7, 11) is 0. The molecule has 0 aromatic heterocycles. The first kappa shape index (κ1) is 14.0. The molecule has 1 amide bonds. The van der Waals surface area contributed by atoms with Gasteiger partial charge in [-0.3, -0.25) is 4.79 Å². The number of hydrogen-bond acceptors (Lipinski definition) is 3. The van der Waals surface area contributed by atoms with Crippen LogP contribution in [0.3, 0.4) is 0 Å². The lowest BCUT2D eigenvalue weighted by Crippen LogP contribution is -2.46. The fraction of sp³-hybridized carbons (Fsp3) is 0.533. The summed E-state index contributed by atoms with van der Waals surface area (Å²) in [6, 6.07) is 7.23. The normalized spacial score (nSPS) is 23.1. The number of anilines is 1. The van der Waals surface area contributed by atoms with E-state index in [1.54, 1.807) is 0 Å². The van der Waals surface area contributed by atoms with Crippen molar-refractivity contribution < 1.29 is 9.90 Å². The minimum Gasteiger partial charge on any atom is -0.392 e. The van der Waals surface area contributed by atoms with Crippen LogP contribution in [0.4, 0.5) is 5.69 Å². The van der Waals surface area contributed by atoms with E-state index in [4.69, 9.17) is 0 Å². The largest absolute Gasteiger partial charge is 0.392 e. The topological polar surface area (TPSA) is 61.4 Å². The van der Waals surface area contributed by atoms with Gasteiger partial charge in [0.05, 0.1) is 12.6 Å². The Morgan fingerprint density at radius 3 is 3.00 bits per heavy atom. The van der Waals surface area contributed by atoms with Gasteiger partial charge in [0.25, 0.3) is 0 Å². The summed E-state index contributed by atoms with van der Waals surface area (Å²) in [5.74, 6) is 0.629. The Balaban J connectivity index is 2.00. The minimum atomic E-state index is -0.120. The highest BCUT2D eigenvalue weighted by Crippen LogP contribution is 2.21. The van der Waals surface area contributed by atoms with Gasteiger partial charge in [-0.25, -0.2) is 0 Å². The molecule has 1 aliphatic rings. The van der Waals surface area contributed by atoms with Crippen molar-refractivity contribution in [1.29, 1.82) is 0 Å². The number of carbonyl (C=O) groups is 1. The monoisotopic (exact) mass is 262 g/mol. The zero-order chi connectivity index (χ0) is 13.7. The SMILES string of the molecule is CCC1CCNC(C(=O)Nc2ccccc2CO)C1. The maximum Gasteiger partial charge on any atom is 0.241 e. The third kappa shape index (κ3) is 3.55. The van der Waals surface area contributed by atoms with Gasteiger partial charge in [-0.1, -0.05) is 31.5 Å². The molecule has 0 spiro atoms. The van der Waals surface area contributed by atoms with Crippen molar-refractivity contribution in [2.75, 3.05) is 11.9 Å². The van der Waals surface area contributed by atoms with Crippen LogP contribution in [0.15, 0.2) is 24.3 Å². The molecule has 1 aliphatic heterocycles. The van der Waals surface area contributed by atoms with Crippen molar-refractivity contribution in [2.24, 2.45) is 5.92 Å². The highest BCUT2D eigenvalue weighted by molar-refractivity contribution is 5.95. The van der Waals surface area contributed by atoms with Crippen LogP contribution in [0.1, 0.15) is 31.7 Å². The molecule has 2 rings (SSSR count). The minimum absolute atomic E-state index is 0.000880. The maximum absolute atomic E-state index is 12.2. The zero-order valence-electron chi connectivity index (χ0n) is 11.4. The second-order valence-corrected chi connectivity index (χ2v) is 5.11. The molecule has 2 unspecified atom stereocenters. The lowest BCUT2D eigenvalue weighted by atomic mass is 9.90. The zero-order valence-corrected chi connectivity index (χ0v) is 11.4. The standard InChI is InChI=1S/C15H22N2O2/c1-2-11-7-8-16-14(9-11)15(19)17-13-6-4-3-5-12(13)10-18/h3-6,11,14,16,18H,2,7-10H2,1H3,(H,17,19). The molecule has 2 atom stereocenters. The molecular weight excluding hydrogens is 240 g/mol. The van der Waals surface area contributed by atoms with Gasteiger partial charge < -0.3 is 15.7 Å². The third-order valence-corrected chi connectivity index (χ3v) is 3.85. The van der Waals surface area contributed by atoms with E-state index in [0.717, 1.165) is 31.4 Å². The number of aliphatic hydroxyl groups is 1. The Bertz CT molecular complexity index is 434. The first-order chi connectivity index (χ1) is 9.24. The van der Waals surface area contributed by atoms with Crippen LogP contribution in [0.2, 0.25) is 0 Å². The van der Waals surface area contributed by atoms with Crippen LogP contribution in [-0.2, 0) is 11.4 Å². The van der Waals surface area contributed by atoms with Gasteiger partial charge >= 0.3 is 0 Å². The van der Waals surface area contributed by atoms with E-state index in [9.17, 15) is 9.90 Å². The fourth-order valence-electron chi connectivity index (χ4n) is 2.57. The van der Waals surface area contributed by atoms with Gasteiger partial charge in [0.15, 0.2) is 0 Å². The second kappa shape index (κ2) is 6.68. The summed E-state index contributed by atoms with van der Waals surface area (Å²) < 4.78 is 0. The summed E-state index contributed by atoms with van der Waals surface area (Å²) >= 11 is 0. The predicted molar refractivity (Wildman–Crippen MR) is 75.8 cm³/mol. The maximum atomic E-state index is 12.2. The first-order valence-electron chi connectivity index (χ1n) is 6.97. The Labute approximate surface area is 114 Å². The molecule has 0 bridgehead atoms. The Kier molecular flexibility index (Phi) is 4.93. The van der Waals surface area contributed by atoms with E-state index < -0.39 is 0 Å². The quantitative estimate of drug-likeness (QED) is 0.776. The number of nitrogens with one attached hydrogen (secondary N) is 2. The van der Waals surface area contributed by atoms with E-state index in [1.165, 1.54) is 0 Å². The van der Waals surface area contributed by atoms with Crippen LogP contribution in [0, 0.1) is 5.92 Å². The molecule has 104 valence electrons. The third-order valence-electron chi connectivity index (χ3n) is 3.85. The number of amides is 1. The molecule has 1 aromatic carbocycles. The summed E-state index contributed by atoms with van der Waals surface area (Å²) in [5.41, 5.74) is 1.45. The van der Waals surface area contributed by atoms with Crippen molar-refractivity contribution in [1.82, 2.24) is 5.32 Å². The summed E-state index contributed by atoms with van der Waals surface area (Å²) in [6.45, 7) is 3.01. The van der Waals surface area contributed by atoms with Crippen LogP contribution >= 0.6 is 0 Å². The van der Waals surface area contributed by atoms with Crippen LogP contribution in [-0.4, -0.2) is 23.6 Å². The molecule has 0 radical (unpaired) electrons. The number of para-hydroxylation sites is 1. The Morgan fingerprint density at radius 1 is 1.47 bits per heavy atom. The van der Waals surface area contributed by atoms with Crippen molar-refractivity contribution in [2.45, 2.75) is 38.8 Å². The molecule has 1 heterocycles. The van der Waals surface area contributed by atoms with E-state index in [0.29, 0.717) is 11.6 Å². The second-order valence-electron chi connectivity index (χ2n) is 5.11. The average molecular weight is 262 g/mol. The number of benzene rings is 1. The van der Waals surface area contributed by atoms with Gasteiger partial charge in [-0.15, -0.1) is 0 Å². The van der Waals surface area contributed by atoms with Crippen LogP contribution in [0.5, 0.6) is 0 Å². The highest BCUT2D eigenvalue weighted by atomic mass is 16.3. The lowest BCUT2D eigenvalue weighted by Gasteiger charge is -2.29. The predicted octanol–water partition coefficient (Wildman–Crippen LogP) is 1.90. The number of rotatable bonds is 4. The fourth-order valence-corrected chi connectivity index (χ4v) is 2.57. The molecule has 4 heteroatoms. The molecule has 1 saturated heterocycles. The highest BCUT2D eigenvalue weighted by Gasteiger charge is 2.26. The van der Waals surface area contributed by atoms with E-state index >= 15 is 0 Å². The van der Waals surface area contributed by atoms with E-state index in [2.05, 4.69) is 17.6 Å². The average Bonchev–Trinajstić information content (AvgIpc) is 2.47. The molecule has 19 heavy (non-hydrogen) atoms. The van der Waals surface area contributed by atoms with Gasteiger partial charge in [0, 0.05) is 11.3 Å². The van der Waals surface area contributed by atoms with Gasteiger partial charge in [0.2, 0.25) is 5.91 Å². The number of hydrogen-bond donors (Lipinski definition) is 3. The summed E-state index contributed by atoms with van der Waals surface area (Å²) in [6.07, 6.45) is 3.16. The van der Waals surface area contributed by atoms with Crippen molar-refractivity contribution in [3.05, 3.63) is 29.8 Å².